The minimum Gasteiger partial charge on any atom is -0.368 e. The summed E-state index contributed by atoms with van der Waals surface area (Å²) in [6, 6.07) is 25.9. The average molecular weight is 1180 g/mol. The van der Waals surface area contributed by atoms with Crippen LogP contribution in [0.5, 0.6) is 0 Å². The van der Waals surface area contributed by atoms with E-state index in [-0.39, 0.29) is 82.0 Å². The van der Waals surface area contributed by atoms with Gasteiger partial charge < -0.3 is 62.1 Å². The van der Waals surface area contributed by atoms with E-state index in [1.807, 2.05) is 91.0 Å². The lowest BCUT2D eigenvalue weighted by atomic mass is 10.1. The van der Waals surface area contributed by atoms with Gasteiger partial charge in [-0.05, 0) is 88.1 Å². The molecule has 9 amide bonds. The molecule has 0 radical (unpaired) electrons. The Balaban J connectivity index is 1.40. The smallest absolute Gasteiger partial charge is 0.243 e. The van der Waals surface area contributed by atoms with Crippen LogP contribution < -0.4 is 27.8 Å². The molecule has 2 fully saturated rings. The van der Waals surface area contributed by atoms with E-state index < -0.39 is 86.2 Å². The molecule has 0 aliphatic heterocycles. The van der Waals surface area contributed by atoms with Gasteiger partial charge in [-0.1, -0.05) is 123 Å². The number of benzene rings is 3. The van der Waals surface area contributed by atoms with Crippen LogP contribution in [0.1, 0.15) is 107 Å². The summed E-state index contributed by atoms with van der Waals surface area (Å²) in [5.74, 6) is -4.93. The Morgan fingerprint density at radius 2 is 1.04 bits per heavy atom. The van der Waals surface area contributed by atoms with Crippen molar-refractivity contribution in [3.05, 3.63) is 120 Å². The average Bonchev–Trinajstić information content (AvgIpc) is 4.35. The van der Waals surface area contributed by atoms with E-state index in [0.717, 1.165) is 49.7 Å². The first-order valence-corrected chi connectivity index (χ1v) is 30.2. The molecule has 0 spiro atoms. The molecule has 8 N–H and O–H groups in total. The van der Waals surface area contributed by atoms with Crippen molar-refractivity contribution < 1.29 is 43.2 Å². The summed E-state index contributed by atoms with van der Waals surface area (Å²) < 4.78 is 0. The van der Waals surface area contributed by atoms with E-state index in [9.17, 15) is 33.6 Å². The van der Waals surface area contributed by atoms with E-state index in [2.05, 4.69) is 29.8 Å². The van der Waals surface area contributed by atoms with Crippen LogP contribution in [0.15, 0.2) is 104 Å². The first kappa shape index (κ1) is 67.6. The first-order chi connectivity index (χ1) is 40.5. The Bertz CT molecular complexity index is 2590. The first-order valence-electron chi connectivity index (χ1n) is 29.6. The van der Waals surface area contributed by atoms with Crippen LogP contribution in [-0.4, -0.2) is 196 Å². The molecule has 2 saturated carbocycles. The molecule has 3 aromatic rings. The Kier molecular flexibility index (Phi) is 29.4. The van der Waals surface area contributed by atoms with E-state index in [4.69, 9.17) is 17.2 Å². The molecule has 5 rings (SSSR count). The van der Waals surface area contributed by atoms with Crippen molar-refractivity contribution in [1.82, 2.24) is 44.9 Å². The molecular formula is C62H90N12O9S. The van der Waals surface area contributed by atoms with Gasteiger partial charge in [0, 0.05) is 50.6 Å². The largest absolute Gasteiger partial charge is 0.368 e. The summed E-state index contributed by atoms with van der Waals surface area (Å²) in [5.41, 5.74) is 19.3. The predicted molar refractivity (Wildman–Crippen MR) is 326 cm³/mol. The number of carbonyl (C=O) groups is 9. The van der Waals surface area contributed by atoms with Gasteiger partial charge in [-0.25, -0.2) is 0 Å². The van der Waals surface area contributed by atoms with E-state index >= 15 is 9.59 Å². The number of hydrogen-bond acceptors (Lipinski definition) is 13. The molecule has 3 aromatic carbocycles. The van der Waals surface area contributed by atoms with Crippen LogP contribution in [0, 0.1) is 0 Å². The number of nitrogens with one attached hydrogen (secondary N) is 2. The minimum atomic E-state index is -1.07. The number of rotatable bonds is 37. The van der Waals surface area contributed by atoms with Crippen molar-refractivity contribution >= 4 is 65.8 Å². The van der Waals surface area contributed by atoms with Crippen molar-refractivity contribution in [1.29, 1.82) is 0 Å². The van der Waals surface area contributed by atoms with Crippen LogP contribution >= 0.6 is 12.6 Å². The molecule has 2 atom stereocenters. The summed E-state index contributed by atoms with van der Waals surface area (Å²) >= 11 is 4.10. The molecule has 0 bridgehead atoms. The minimum absolute atomic E-state index is 0.000452. The van der Waals surface area contributed by atoms with Crippen LogP contribution in [0.25, 0.3) is 0 Å². The van der Waals surface area contributed by atoms with Crippen molar-refractivity contribution in [2.24, 2.45) is 17.2 Å². The maximum absolute atomic E-state index is 15.2. The maximum atomic E-state index is 15.2. The van der Waals surface area contributed by atoms with Crippen LogP contribution in [0.3, 0.4) is 0 Å². The number of amides is 9. The lowest BCUT2D eigenvalue weighted by molar-refractivity contribution is -0.150. The number of thiol groups is 1. The molecule has 0 heterocycles. The van der Waals surface area contributed by atoms with Crippen molar-refractivity contribution in [3.63, 3.8) is 0 Å². The van der Waals surface area contributed by atoms with Gasteiger partial charge in [-0.15, -0.1) is 6.58 Å². The fourth-order valence-corrected chi connectivity index (χ4v) is 10.8. The topological polar surface area (TPSA) is 278 Å². The fraction of sp³-hybridized carbons (Fsp3) is 0.532. The maximum Gasteiger partial charge on any atom is 0.243 e. The van der Waals surface area contributed by atoms with Crippen LogP contribution in [0.4, 0.5) is 0 Å². The monoisotopic (exact) mass is 1180 g/mol. The summed E-state index contributed by atoms with van der Waals surface area (Å²) in [4.78, 5) is 137. The van der Waals surface area contributed by atoms with Crippen LogP contribution in [-0.2, 0) is 56.2 Å². The molecule has 84 heavy (non-hydrogen) atoms. The normalized spacial score (nSPS) is 14.0. The second-order valence-electron chi connectivity index (χ2n) is 21.8. The highest BCUT2D eigenvalue weighted by Crippen LogP contribution is 2.26. The van der Waals surface area contributed by atoms with Crippen molar-refractivity contribution in [2.45, 2.75) is 121 Å². The molecule has 0 aromatic heterocycles. The van der Waals surface area contributed by atoms with E-state index in [1.165, 1.54) is 30.6 Å². The third kappa shape index (κ3) is 22.5. The molecular weight excluding hydrogens is 1090 g/mol. The van der Waals surface area contributed by atoms with Gasteiger partial charge in [-0.3, -0.25) is 43.2 Å². The highest BCUT2D eigenvalue weighted by atomic mass is 32.1. The third-order valence-corrected chi connectivity index (χ3v) is 15.8. The van der Waals surface area contributed by atoms with Crippen molar-refractivity contribution in [3.8, 4) is 0 Å². The summed E-state index contributed by atoms with van der Waals surface area (Å²) in [7, 11) is 0. The molecule has 458 valence electrons. The van der Waals surface area contributed by atoms with Gasteiger partial charge in [-0.2, -0.15) is 12.6 Å². The zero-order valence-corrected chi connectivity index (χ0v) is 49.9. The zero-order chi connectivity index (χ0) is 60.8. The van der Waals surface area contributed by atoms with Gasteiger partial charge >= 0.3 is 0 Å². The summed E-state index contributed by atoms with van der Waals surface area (Å²) in [5, 5.41) is 5.89. The molecule has 22 heteroatoms. The molecule has 0 unspecified atom stereocenters. The van der Waals surface area contributed by atoms with E-state index in [0.29, 0.717) is 57.2 Å². The number of unbranched alkanes of at least 4 members (excludes halogenated alkanes) is 2. The zero-order valence-electron chi connectivity index (χ0n) is 49.0. The summed E-state index contributed by atoms with van der Waals surface area (Å²) in [6.07, 6.45) is 10.6. The lowest BCUT2D eigenvalue weighted by Gasteiger charge is -2.35. The van der Waals surface area contributed by atoms with Gasteiger partial charge in [0.1, 0.15) is 38.8 Å². The Labute approximate surface area is 501 Å². The highest BCUT2D eigenvalue weighted by molar-refractivity contribution is 7.80. The van der Waals surface area contributed by atoms with Gasteiger partial charge in [0.25, 0.3) is 0 Å². The number of nitrogens with two attached hydrogens (primary N) is 3. The number of hydrogen-bond donors (Lipinski definition) is 6. The second-order valence-corrected chi connectivity index (χ2v) is 22.2. The Morgan fingerprint density at radius 1 is 0.571 bits per heavy atom. The SMILES string of the molecule is C=CCN(CC(=O)N(CCCCN)CC(=O)N(CCCCN)CC(=O)N[C@H](CS)C(N)=O)C(=O)CN(C(=O)CN(Cc1ccccc1)C(=O)CN(C(=O)CN(Cc1ccccc1)C(=O)CNC1CCCC1)C1CCCC1)[C@H](C)c1ccccc1. The fourth-order valence-electron chi connectivity index (χ4n) is 10.6. The second kappa shape index (κ2) is 36.5. The standard InChI is InChI=1S/C62H90N12O9S/c1-3-33-68(40-57(78)70(35-20-18-32-64)41-56(77)69(34-19-17-31-63)39-54(75)67-53(46-84)62(65)83)58(79)44-73(47(2)50-25-11-6-12-26-50)60(81)42-72(38-49-23-9-5-10-24-49)59(80)45-74(52-29-15-16-30-52)61(82)43-71(37-48-21-7-4-8-22-48)55(76)36-66-51-27-13-14-28-51/h3-12,21-26,47,51-53,66,84H,1,13-20,27-46,63-64H2,2H3,(H2,65,83)(H,67,75)/t47-,53-/m1/s1. The van der Waals surface area contributed by atoms with Gasteiger partial charge in [0.05, 0.1) is 25.7 Å². The van der Waals surface area contributed by atoms with Gasteiger partial charge in [0.15, 0.2) is 0 Å². The number of carbonyl (C=O) groups excluding carboxylic acids is 9. The van der Waals surface area contributed by atoms with Crippen molar-refractivity contribution in [2.75, 3.05) is 90.8 Å². The number of primary amides is 1. The summed E-state index contributed by atoms with van der Waals surface area (Å²) in [6.45, 7) is 3.67. The highest BCUT2D eigenvalue weighted by Gasteiger charge is 2.35. The Morgan fingerprint density at radius 3 is 1.56 bits per heavy atom. The van der Waals surface area contributed by atoms with Crippen LogP contribution in [0.2, 0.25) is 0 Å². The lowest BCUT2D eigenvalue weighted by Crippen LogP contribution is -2.53. The molecule has 0 saturated heterocycles. The predicted octanol–water partition coefficient (Wildman–Crippen LogP) is 2.99. The molecule has 21 nitrogen and oxygen atoms in total. The quantitative estimate of drug-likeness (QED) is 0.0276. The molecule has 2 aliphatic rings. The number of nitrogens with zero attached hydrogens (tertiary/aromatic N) is 7. The molecule has 2 aliphatic carbocycles. The third-order valence-electron chi connectivity index (χ3n) is 15.5. The Hall–Kier alpha value is -7.14. The van der Waals surface area contributed by atoms with Gasteiger partial charge in [0.2, 0.25) is 53.2 Å². The van der Waals surface area contributed by atoms with E-state index in [1.54, 1.807) is 16.7 Å².